The predicted molar refractivity (Wildman–Crippen MR) is 103 cm³/mol. The van der Waals surface area contributed by atoms with Crippen LogP contribution in [0.4, 0.5) is 5.69 Å². The van der Waals surface area contributed by atoms with Crippen LogP contribution in [-0.2, 0) is 16.1 Å². The van der Waals surface area contributed by atoms with Gasteiger partial charge in [0.25, 0.3) is 5.91 Å². The fraction of sp³-hybridized carbons (Fsp3) is 0.450. The molecule has 0 bridgehead atoms. The maximum atomic E-state index is 12.9. The van der Waals surface area contributed by atoms with E-state index in [-0.39, 0.29) is 17.7 Å². The van der Waals surface area contributed by atoms with E-state index < -0.39 is 0 Å². The Balaban J connectivity index is 1.68. The van der Waals surface area contributed by atoms with Crippen molar-refractivity contribution in [2.75, 3.05) is 32.1 Å². The second-order valence-corrected chi connectivity index (χ2v) is 6.82. The topological polar surface area (TPSA) is 76.5 Å². The minimum Gasteiger partial charge on any atom is -0.383 e. The summed E-state index contributed by atoms with van der Waals surface area (Å²) >= 11 is 0. The fourth-order valence-electron chi connectivity index (χ4n) is 3.51. The number of nitrogens with zero attached hydrogens (tertiary/aromatic N) is 3. The molecule has 1 aromatic carbocycles. The summed E-state index contributed by atoms with van der Waals surface area (Å²) in [5.74, 6) is 1.14. The van der Waals surface area contributed by atoms with Crippen molar-refractivity contribution in [3.05, 3.63) is 48.0 Å². The number of carbonyl (C=O) groups is 2. The minimum atomic E-state index is -0.128. The zero-order valence-electron chi connectivity index (χ0n) is 15.9. The number of ether oxygens (including phenoxy) is 1. The van der Waals surface area contributed by atoms with Crippen LogP contribution in [0, 0.1) is 0 Å². The van der Waals surface area contributed by atoms with Crippen molar-refractivity contribution in [1.82, 2.24) is 14.5 Å². The van der Waals surface area contributed by atoms with E-state index in [1.165, 1.54) is 6.92 Å². The number of carbonyl (C=O) groups excluding carboxylic acids is 2. The molecule has 2 heterocycles. The van der Waals surface area contributed by atoms with Crippen molar-refractivity contribution >= 4 is 17.5 Å². The third-order valence-corrected chi connectivity index (χ3v) is 4.81. The summed E-state index contributed by atoms with van der Waals surface area (Å²) in [4.78, 5) is 30.4. The van der Waals surface area contributed by atoms with Gasteiger partial charge >= 0.3 is 0 Å². The molecule has 1 N–H and O–H groups in total. The zero-order valence-corrected chi connectivity index (χ0v) is 15.9. The van der Waals surface area contributed by atoms with Crippen LogP contribution in [0.1, 0.15) is 41.9 Å². The molecular weight excluding hydrogens is 344 g/mol. The van der Waals surface area contributed by atoms with Gasteiger partial charge in [0, 0.05) is 63.2 Å². The highest BCUT2D eigenvalue weighted by Gasteiger charge is 2.28. The van der Waals surface area contributed by atoms with E-state index in [9.17, 15) is 9.59 Å². The summed E-state index contributed by atoms with van der Waals surface area (Å²) in [6.45, 7) is 4.28. The molecule has 2 amide bonds. The molecule has 0 aliphatic carbocycles. The van der Waals surface area contributed by atoms with E-state index in [1.807, 2.05) is 17.3 Å². The van der Waals surface area contributed by atoms with E-state index >= 15 is 0 Å². The summed E-state index contributed by atoms with van der Waals surface area (Å²) in [7, 11) is 1.69. The van der Waals surface area contributed by atoms with Gasteiger partial charge in [-0.1, -0.05) is 0 Å². The Morgan fingerprint density at radius 2 is 2.07 bits per heavy atom. The van der Waals surface area contributed by atoms with Crippen LogP contribution in [0.5, 0.6) is 0 Å². The number of aromatic nitrogens is 2. The largest absolute Gasteiger partial charge is 0.383 e. The molecule has 1 aliphatic rings. The van der Waals surface area contributed by atoms with E-state index in [1.54, 1.807) is 31.4 Å². The van der Waals surface area contributed by atoms with Crippen LogP contribution in [-0.4, -0.2) is 53.1 Å². The number of amides is 2. The van der Waals surface area contributed by atoms with Gasteiger partial charge in [0.15, 0.2) is 0 Å². The minimum absolute atomic E-state index is 0.0177. The number of likely N-dealkylation sites (tertiary alicyclic amines) is 1. The lowest BCUT2D eigenvalue weighted by Crippen LogP contribution is -2.39. The number of nitrogens with one attached hydrogen (secondary N) is 1. The highest BCUT2D eigenvalue weighted by molar-refractivity contribution is 5.95. The van der Waals surface area contributed by atoms with Gasteiger partial charge in [0.05, 0.1) is 6.61 Å². The summed E-state index contributed by atoms with van der Waals surface area (Å²) in [6.07, 6.45) is 5.76. The molecule has 1 saturated heterocycles. The third kappa shape index (κ3) is 4.74. The van der Waals surface area contributed by atoms with Crippen LogP contribution < -0.4 is 5.32 Å². The Morgan fingerprint density at radius 3 is 2.78 bits per heavy atom. The van der Waals surface area contributed by atoms with Crippen LogP contribution in [0.2, 0.25) is 0 Å². The Morgan fingerprint density at radius 1 is 1.30 bits per heavy atom. The molecule has 7 heteroatoms. The van der Waals surface area contributed by atoms with Crippen molar-refractivity contribution in [3.63, 3.8) is 0 Å². The average molecular weight is 370 g/mol. The highest BCUT2D eigenvalue weighted by Crippen LogP contribution is 2.27. The number of anilines is 1. The maximum Gasteiger partial charge on any atom is 0.253 e. The zero-order chi connectivity index (χ0) is 19.2. The molecule has 27 heavy (non-hydrogen) atoms. The Labute approximate surface area is 159 Å². The van der Waals surface area contributed by atoms with Gasteiger partial charge < -0.3 is 19.5 Å². The first-order valence-electron chi connectivity index (χ1n) is 9.25. The summed E-state index contributed by atoms with van der Waals surface area (Å²) in [5, 5.41) is 2.71. The first-order chi connectivity index (χ1) is 13.1. The van der Waals surface area contributed by atoms with E-state index in [0.29, 0.717) is 24.4 Å². The third-order valence-electron chi connectivity index (χ3n) is 4.81. The highest BCUT2D eigenvalue weighted by atomic mass is 16.5. The number of imidazole rings is 1. The number of methoxy groups -OCH3 is 1. The summed E-state index contributed by atoms with van der Waals surface area (Å²) in [5.41, 5.74) is 1.32. The Hall–Kier alpha value is -2.67. The number of rotatable bonds is 6. The van der Waals surface area contributed by atoms with Crippen LogP contribution in [0.3, 0.4) is 0 Å². The molecule has 2 aromatic rings. The number of hydrogen-bond donors (Lipinski definition) is 1. The first kappa shape index (κ1) is 19.1. The lowest BCUT2D eigenvalue weighted by Gasteiger charge is -2.32. The second-order valence-electron chi connectivity index (χ2n) is 6.82. The quantitative estimate of drug-likeness (QED) is 0.848. The van der Waals surface area contributed by atoms with Crippen LogP contribution >= 0.6 is 0 Å². The molecule has 3 rings (SSSR count). The number of piperidine rings is 1. The molecular formula is C20H26N4O3. The van der Waals surface area contributed by atoms with Gasteiger partial charge in [-0.15, -0.1) is 0 Å². The maximum absolute atomic E-state index is 12.9. The van der Waals surface area contributed by atoms with Crippen LogP contribution in [0.15, 0.2) is 36.7 Å². The smallest absolute Gasteiger partial charge is 0.253 e. The predicted octanol–water partition coefficient (Wildman–Crippen LogP) is 2.51. The lowest BCUT2D eigenvalue weighted by atomic mass is 9.96. The fourth-order valence-corrected chi connectivity index (χ4v) is 3.51. The van der Waals surface area contributed by atoms with Crippen LogP contribution in [0.25, 0.3) is 0 Å². The van der Waals surface area contributed by atoms with Crippen molar-refractivity contribution < 1.29 is 14.3 Å². The van der Waals surface area contributed by atoms with Gasteiger partial charge in [-0.05, 0) is 37.1 Å². The number of hydrogen-bond acceptors (Lipinski definition) is 4. The first-order valence-corrected chi connectivity index (χ1v) is 9.25. The van der Waals surface area contributed by atoms with Gasteiger partial charge in [0.2, 0.25) is 5.91 Å². The van der Waals surface area contributed by atoms with E-state index in [4.69, 9.17) is 4.74 Å². The monoisotopic (exact) mass is 370 g/mol. The molecule has 1 aliphatic heterocycles. The molecule has 7 nitrogen and oxygen atoms in total. The molecule has 0 spiro atoms. The van der Waals surface area contributed by atoms with Gasteiger partial charge in [-0.2, -0.15) is 0 Å². The number of benzene rings is 1. The standard InChI is InChI=1S/C20H26N4O3/c1-15(25)22-18-7-5-16(6-8-18)20(26)24-10-3-4-17(14-24)19-21-9-11-23(19)12-13-27-2/h5-9,11,17H,3-4,10,12-14H2,1-2H3,(H,22,25)/t17-/m0/s1. The molecule has 1 atom stereocenters. The van der Waals surface area contributed by atoms with E-state index in [2.05, 4.69) is 14.9 Å². The van der Waals surface area contributed by atoms with E-state index in [0.717, 1.165) is 31.8 Å². The van der Waals surface area contributed by atoms with Gasteiger partial charge in [-0.3, -0.25) is 9.59 Å². The Bertz CT molecular complexity index is 785. The lowest BCUT2D eigenvalue weighted by molar-refractivity contribution is -0.114. The normalized spacial score (nSPS) is 17.0. The SMILES string of the molecule is COCCn1ccnc1[C@H]1CCCN(C(=O)c2ccc(NC(C)=O)cc2)C1. The van der Waals surface area contributed by atoms with Crippen molar-refractivity contribution in [1.29, 1.82) is 0 Å². The molecule has 0 saturated carbocycles. The molecule has 144 valence electrons. The van der Waals surface area contributed by atoms with Gasteiger partial charge in [-0.25, -0.2) is 4.98 Å². The second kappa shape index (κ2) is 8.81. The molecule has 0 unspecified atom stereocenters. The average Bonchev–Trinajstić information content (AvgIpc) is 3.14. The van der Waals surface area contributed by atoms with Crippen molar-refractivity contribution in [3.8, 4) is 0 Å². The summed E-state index contributed by atoms with van der Waals surface area (Å²) < 4.78 is 7.28. The Kier molecular flexibility index (Phi) is 6.24. The molecule has 1 aromatic heterocycles. The molecule has 1 fully saturated rings. The van der Waals surface area contributed by atoms with Crippen molar-refractivity contribution in [2.45, 2.75) is 32.2 Å². The summed E-state index contributed by atoms with van der Waals surface area (Å²) in [6, 6.07) is 7.04. The molecule has 0 radical (unpaired) electrons. The van der Waals surface area contributed by atoms with Crippen molar-refractivity contribution in [2.24, 2.45) is 0 Å². The van der Waals surface area contributed by atoms with Gasteiger partial charge in [0.1, 0.15) is 5.82 Å².